The lowest BCUT2D eigenvalue weighted by molar-refractivity contribution is 0.0701. The number of benzene rings is 1. The molecule has 0 aliphatic carbocycles. The molecule has 4 nitrogen and oxygen atoms in total. The molecule has 1 aromatic rings. The third kappa shape index (κ3) is 2.48. The highest BCUT2D eigenvalue weighted by molar-refractivity contribution is 5.95. The van der Waals surface area contributed by atoms with Crippen LogP contribution in [0.3, 0.4) is 0 Å². The van der Waals surface area contributed by atoms with Crippen molar-refractivity contribution in [2.75, 3.05) is 12.0 Å². The molecular formula is C14H21N3O. The number of likely N-dealkylation sites (tertiary alicyclic amines) is 1. The quantitative estimate of drug-likeness (QED) is 0.636. The first kappa shape index (κ1) is 12.9. The fraction of sp³-hybridized carbons (Fsp3) is 0.500. The number of nitrogen functional groups attached to an aromatic ring is 1. The van der Waals surface area contributed by atoms with E-state index in [1.807, 2.05) is 29.2 Å². The van der Waals surface area contributed by atoms with Crippen LogP contribution in [0.15, 0.2) is 24.3 Å². The van der Waals surface area contributed by atoms with Crippen molar-refractivity contribution in [3.05, 3.63) is 29.8 Å². The average Bonchev–Trinajstić information content (AvgIpc) is 2.87. The van der Waals surface area contributed by atoms with E-state index in [1.165, 1.54) is 0 Å². The second-order valence-corrected chi connectivity index (χ2v) is 5.17. The minimum absolute atomic E-state index is 0.134. The number of hydrazine groups is 1. The van der Waals surface area contributed by atoms with Gasteiger partial charge in [-0.05, 0) is 43.0 Å². The van der Waals surface area contributed by atoms with Crippen molar-refractivity contribution in [2.24, 2.45) is 11.8 Å². The van der Waals surface area contributed by atoms with Crippen LogP contribution in [0.2, 0.25) is 0 Å². The summed E-state index contributed by atoms with van der Waals surface area (Å²) in [5.41, 5.74) is 4.12. The zero-order valence-electron chi connectivity index (χ0n) is 11.0. The molecule has 1 saturated heterocycles. The molecule has 1 amide bonds. The number of hydrogen-bond donors (Lipinski definition) is 2. The average molecular weight is 247 g/mol. The molecule has 0 radical (unpaired) electrons. The topological polar surface area (TPSA) is 58.4 Å². The zero-order chi connectivity index (χ0) is 13.1. The first-order chi connectivity index (χ1) is 8.63. The van der Waals surface area contributed by atoms with E-state index in [1.54, 1.807) is 0 Å². The van der Waals surface area contributed by atoms with Gasteiger partial charge in [0, 0.05) is 23.8 Å². The number of nitrogens with one attached hydrogen (secondary N) is 1. The lowest BCUT2D eigenvalue weighted by atomic mass is 10.0. The highest BCUT2D eigenvalue weighted by Crippen LogP contribution is 2.25. The molecule has 2 rings (SSSR count). The molecule has 0 saturated carbocycles. The van der Waals surface area contributed by atoms with Crippen LogP contribution in [0.1, 0.15) is 37.0 Å². The molecule has 3 N–H and O–H groups in total. The van der Waals surface area contributed by atoms with Crippen LogP contribution < -0.4 is 11.3 Å². The van der Waals surface area contributed by atoms with Crippen molar-refractivity contribution in [1.82, 2.24) is 4.90 Å². The number of anilines is 1. The third-order valence-electron chi connectivity index (χ3n) is 3.63. The molecule has 18 heavy (non-hydrogen) atoms. The first-order valence-electron chi connectivity index (χ1n) is 6.51. The maximum atomic E-state index is 12.4. The highest BCUT2D eigenvalue weighted by atomic mass is 16.2. The Morgan fingerprint density at radius 1 is 1.39 bits per heavy atom. The predicted octanol–water partition coefficient (Wildman–Crippen LogP) is 2.23. The Morgan fingerprint density at radius 3 is 2.61 bits per heavy atom. The Hall–Kier alpha value is -1.55. The molecule has 98 valence electrons. The number of nitrogens with two attached hydrogens (primary N) is 1. The Bertz CT molecular complexity index is 414. The predicted molar refractivity (Wildman–Crippen MR) is 73.1 cm³/mol. The van der Waals surface area contributed by atoms with E-state index in [0.717, 1.165) is 30.6 Å². The summed E-state index contributed by atoms with van der Waals surface area (Å²) in [4.78, 5) is 14.4. The van der Waals surface area contributed by atoms with Gasteiger partial charge >= 0.3 is 0 Å². The smallest absolute Gasteiger partial charge is 0.254 e. The van der Waals surface area contributed by atoms with Crippen molar-refractivity contribution < 1.29 is 4.79 Å². The van der Waals surface area contributed by atoms with Crippen LogP contribution in [-0.4, -0.2) is 23.4 Å². The van der Waals surface area contributed by atoms with Gasteiger partial charge in [-0.1, -0.05) is 13.8 Å². The molecule has 1 aromatic carbocycles. The second kappa shape index (κ2) is 5.40. The number of nitrogens with zero attached hydrogens (tertiary/aromatic N) is 1. The molecule has 1 atom stereocenters. The molecule has 1 unspecified atom stereocenters. The number of rotatable bonds is 3. The summed E-state index contributed by atoms with van der Waals surface area (Å²) >= 11 is 0. The zero-order valence-corrected chi connectivity index (χ0v) is 11.0. The van der Waals surface area contributed by atoms with Crippen molar-refractivity contribution in [1.29, 1.82) is 0 Å². The fourth-order valence-electron chi connectivity index (χ4n) is 2.61. The van der Waals surface area contributed by atoms with Gasteiger partial charge in [0.2, 0.25) is 0 Å². The molecule has 0 aromatic heterocycles. The number of hydrogen-bond acceptors (Lipinski definition) is 3. The molecule has 4 heteroatoms. The lowest BCUT2D eigenvalue weighted by Crippen LogP contribution is -2.38. The van der Waals surface area contributed by atoms with Gasteiger partial charge in [0.15, 0.2) is 0 Å². The largest absolute Gasteiger partial charge is 0.335 e. The summed E-state index contributed by atoms with van der Waals surface area (Å²) in [5.74, 6) is 5.96. The van der Waals surface area contributed by atoms with Gasteiger partial charge in [0.1, 0.15) is 0 Å². The monoisotopic (exact) mass is 247 g/mol. The van der Waals surface area contributed by atoms with Crippen LogP contribution in [0.5, 0.6) is 0 Å². The van der Waals surface area contributed by atoms with E-state index in [2.05, 4.69) is 19.3 Å². The summed E-state index contributed by atoms with van der Waals surface area (Å²) in [6.07, 6.45) is 2.23. The van der Waals surface area contributed by atoms with Gasteiger partial charge in [-0.15, -0.1) is 0 Å². The van der Waals surface area contributed by atoms with Gasteiger partial charge in [-0.3, -0.25) is 10.6 Å². The van der Waals surface area contributed by atoms with Crippen LogP contribution in [-0.2, 0) is 0 Å². The Morgan fingerprint density at radius 2 is 2.06 bits per heavy atom. The molecule has 0 bridgehead atoms. The second-order valence-electron chi connectivity index (χ2n) is 5.17. The van der Waals surface area contributed by atoms with E-state index in [4.69, 9.17) is 5.84 Å². The summed E-state index contributed by atoms with van der Waals surface area (Å²) < 4.78 is 0. The van der Waals surface area contributed by atoms with Crippen molar-refractivity contribution in [3.8, 4) is 0 Å². The van der Waals surface area contributed by atoms with Crippen LogP contribution in [0, 0.1) is 5.92 Å². The molecule has 0 spiro atoms. The van der Waals surface area contributed by atoms with E-state index in [0.29, 0.717) is 12.0 Å². The summed E-state index contributed by atoms with van der Waals surface area (Å²) in [6, 6.07) is 7.69. The molecule has 1 aliphatic heterocycles. The Kier molecular flexibility index (Phi) is 3.87. The number of carbonyl (C=O) groups excluding carboxylic acids is 1. The Balaban J connectivity index is 2.14. The van der Waals surface area contributed by atoms with Crippen LogP contribution in [0.4, 0.5) is 5.69 Å². The SMILES string of the molecule is CC(C)C1CCCN1C(=O)c1ccc(NN)cc1. The van der Waals surface area contributed by atoms with Gasteiger partial charge in [-0.2, -0.15) is 0 Å². The lowest BCUT2D eigenvalue weighted by Gasteiger charge is -2.27. The van der Waals surface area contributed by atoms with E-state index in [9.17, 15) is 4.79 Å². The number of carbonyl (C=O) groups is 1. The van der Waals surface area contributed by atoms with Crippen molar-refractivity contribution in [3.63, 3.8) is 0 Å². The van der Waals surface area contributed by atoms with E-state index < -0.39 is 0 Å². The standard InChI is InChI=1S/C14H21N3O/c1-10(2)13-4-3-9-17(13)14(18)11-5-7-12(16-15)8-6-11/h5-8,10,13,16H,3-4,9,15H2,1-2H3. The third-order valence-corrected chi connectivity index (χ3v) is 3.63. The van der Waals surface area contributed by atoms with Gasteiger partial charge in [0.05, 0.1) is 0 Å². The molecule has 1 aliphatic rings. The van der Waals surface area contributed by atoms with Gasteiger partial charge < -0.3 is 10.3 Å². The summed E-state index contributed by atoms with van der Waals surface area (Å²) in [7, 11) is 0. The van der Waals surface area contributed by atoms with E-state index in [-0.39, 0.29) is 5.91 Å². The fourth-order valence-corrected chi connectivity index (χ4v) is 2.61. The van der Waals surface area contributed by atoms with Gasteiger partial charge in [-0.25, -0.2) is 0 Å². The number of amides is 1. The van der Waals surface area contributed by atoms with Crippen molar-refractivity contribution >= 4 is 11.6 Å². The maximum absolute atomic E-state index is 12.4. The minimum Gasteiger partial charge on any atom is -0.335 e. The maximum Gasteiger partial charge on any atom is 0.254 e. The van der Waals surface area contributed by atoms with Crippen molar-refractivity contribution in [2.45, 2.75) is 32.7 Å². The van der Waals surface area contributed by atoms with Crippen LogP contribution in [0.25, 0.3) is 0 Å². The van der Waals surface area contributed by atoms with Gasteiger partial charge in [0.25, 0.3) is 5.91 Å². The highest BCUT2D eigenvalue weighted by Gasteiger charge is 2.31. The normalized spacial score (nSPS) is 19.3. The minimum atomic E-state index is 0.134. The Labute approximate surface area is 108 Å². The first-order valence-corrected chi connectivity index (χ1v) is 6.51. The summed E-state index contributed by atoms with van der Waals surface area (Å²) in [6.45, 7) is 5.23. The molecule has 1 fully saturated rings. The molecule has 1 heterocycles. The summed E-state index contributed by atoms with van der Waals surface area (Å²) in [5, 5.41) is 0. The molecular weight excluding hydrogens is 226 g/mol. The van der Waals surface area contributed by atoms with E-state index >= 15 is 0 Å². The van der Waals surface area contributed by atoms with Crippen LogP contribution >= 0.6 is 0 Å².